The molecule has 2 aromatic carbocycles. The number of H-pyrrole nitrogens is 1. The lowest BCUT2D eigenvalue weighted by Crippen LogP contribution is -1.94. The molecule has 0 bridgehead atoms. The molecule has 20 heavy (non-hydrogen) atoms. The molecule has 0 radical (unpaired) electrons. The van der Waals surface area contributed by atoms with Crippen LogP contribution >= 0.6 is 23.8 Å². The van der Waals surface area contributed by atoms with Gasteiger partial charge in [-0.15, -0.1) is 0 Å². The summed E-state index contributed by atoms with van der Waals surface area (Å²) in [6.45, 7) is 2.19. The molecule has 102 valence electrons. The van der Waals surface area contributed by atoms with E-state index in [2.05, 4.69) is 36.2 Å². The predicted molar refractivity (Wildman–Crippen MR) is 87.5 cm³/mol. The summed E-state index contributed by atoms with van der Waals surface area (Å²) in [7, 11) is 0. The van der Waals surface area contributed by atoms with Gasteiger partial charge >= 0.3 is 0 Å². The summed E-state index contributed by atoms with van der Waals surface area (Å²) in [6, 6.07) is 14.4. The Labute approximate surface area is 128 Å². The van der Waals surface area contributed by atoms with Gasteiger partial charge < -0.3 is 4.98 Å². The first-order valence-electron chi connectivity index (χ1n) is 6.69. The molecule has 0 aliphatic carbocycles. The number of rotatable bonds is 3. The van der Waals surface area contributed by atoms with Crippen LogP contribution in [0.25, 0.3) is 16.7 Å². The second-order valence-electron chi connectivity index (χ2n) is 4.82. The lowest BCUT2D eigenvalue weighted by Gasteiger charge is -2.06. The number of hydrogen-bond acceptors (Lipinski definition) is 1. The van der Waals surface area contributed by atoms with Crippen LogP contribution in [0.5, 0.6) is 0 Å². The van der Waals surface area contributed by atoms with Crippen LogP contribution in [0.4, 0.5) is 0 Å². The maximum absolute atomic E-state index is 6.21. The standard InChI is InChI=1S/C16H15ClN2S/c1-2-4-11-7-9-12(10-8-11)19-14-6-3-5-13(17)15(14)18-16(19)20/h3,5-10H,2,4H2,1H3,(H,18,20). The highest BCUT2D eigenvalue weighted by Gasteiger charge is 2.08. The maximum atomic E-state index is 6.21. The topological polar surface area (TPSA) is 20.7 Å². The highest BCUT2D eigenvalue weighted by Crippen LogP contribution is 2.25. The van der Waals surface area contributed by atoms with Gasteiger partial charge in [0, 0.05) is 5.69 Å². The molecule has 0 fully saturated rings. The smallest absolute Gasteiger partial charge is 0.182 e. The molecule has 0 saturated carbocycles. The second-order valence-corrected chi connectivity index (χ2v) is 5.61. The molecular weight excluding hydrogens is 288 g/mol. The van der Waals surface area contributed by atoms with Crippen LogP contribution in [0.2, 0.25) is 5.02 Å². The monoisotopic (exact) mass is 302 g/mol. The first kappa shape index (κ1) is 13.4. The highest BCUT2D eigenvalue weighted by molar-refractivity contribution is 7.71. The number of aromatic nitrogens is 2. The molecular formula is C16H15ClN2S. The molecule has 4 heteroatoms. The zero-order chi connectivity index (χ0) is 14.1. The Morgan fingerprint density at radius 1 is 1.15 bits per heavy atom. The lowest BCUT2D eigenvalue weighted by atomic mass is 10.1. The van der Waals surface area contributed by atoms with Gasteiger partial charge in [-0.3, -0.25) is 4.57 Å². The fourth-order valence-corrected chi connectivity index (χ4v) is 2.97. The summed E-state index contributed by atoms with van der Waals surface area (Å²) in [5.41, 5.74) is 4.30. The van der Waals surface area contributed by atoms with Crippen molar-refractivity contribution in [2.24, 2.45) is 0 Å². The number of nitrogens with one attached hydrogen (secondary N) is 1. The van der Waals surface area contributed by atoms with Gasteiger partial charge in [0.05, 0.1) is 16.1 Å². The summed E-state index contributed by atoms with van der Waals surface area (Å²) in [5.74, 6) is 0. The Morgan fingerprint density at radius 2 is 1.90 bits per heavy atom. The van der Waals surface area contributed by atoms with Crippen molar-refractivity contribution in [3.63, 3.8) is 0 Å². The van der Waals surface area contributed by atoms with Crippen LogP contribution in [0.1, 0.15) is 18.9 Å². The summed E-state index contributed by atoms with van der Waals surface area (Å²) in [4.78, 5) is 3.18. The highest BCUT2D eigenvalue weighted by atomic mass is 35.5. The van der Waals surface area contributed by atoms with Crippen molar-refractivity contribution in [3.05, 3.63) is 57.8 Å². The molecule has 0 spiro atoms. The molecule has 0 aliphatic heterocycles. The van der Waals surface area contributed by atoms with E-state index in [-0.39, 0.29) is 0 Å². The van der Waals surface area contributed by atoms with Crippen molar-refractivity contribution in [3.8, 4) is 5.69 Å². The maximum Gasteiger partial charge on any atom is 0.182 e. The van der Waals surface area contributed by atoms with E-state index in [0.29, 0.717) is 9.79 Å². The first-order valence-corrected chi connectivity index (χ1v) is 7.48. The Morgan fingerprint density at radius 3 is 2.60 bits per heavy atom. The van der Waals surface area contributed by atoms with Gasteiger partial charge in [-0.25, -0.2) is 0 Å². The minimum atomic E-state index is 0.663. The van der Waals surface area contributed by atoms with E-state index in [4.69, 9.17) is 23.8 Å². The molecule has 2 nitrogen and oxygen atoms in total. The zero-order valence-corrected chi connectivity index (χ0v) is 12.8. The number of para-hydroxylation sites is 1. The fraction of sp³-hybridized carbons (Fsp3) is 0.188. The third-order valence-electron chi connectivity index (χ3n) is 3.40. The van der Waals surface area contributed by atoms with Crippen molar-refractivity contribution in [1.29, 1.82) is 0 Å². The summed E-state index contributed by atoms with van der Waals surface area (Å²) in [6.07, 6.45) is 2.26. The van der Waals surface area contributed by atoms with Gasteiger partial charge in [-0.2, -0.15) is 0 Å². The number of hydrogen-bond donors (Lipinski definition) is 1. The van der Waals surface area contributed by atoms with Gasteiger partial charge in [-0.05, 0) is 48.5 Å². The van der Waals surface area contributed by atoms with Crippen molar-refractivity contribution < 1.29 is 0 Å². The van der Waals surface area contributed by atoms with Crippen molar-refractivity contribution in [2.75, 3.05) is 0 Å². The number of aromatic amines is 1. The molecule has 0 aliphatic rings. The molecule has 0 atom stereocenters. The Hall–Kier alpha value is -1.58. The quantitative estimate of drug-likeness (QED) is 0.652. The van der Waals surface area contributed by atoms with Crippen LogP contribution < -0.4 is 0 Å². The van der Waals surface area contributed by atoms with Crippen LogP contribution in [0.15, 0.2) is 42.5 Å². The summed E-state index contributed by atoms with van der Waals surface area (Å²) < 4.78 is 2.68. The second kappa shape index (κ2) is 5.43. The zero-order valence-electron chi connectivity index (χ0n) is 11.2. The van der Waals surface area contributed by atoms with Gasteiger partial charge in [0.25, 0.3) is 0 Å². The molecule has 1 heterocycles. The minimum absolute atomic E-state index is 0.663. The largest absolute Gasteiger partial charge is 0.329 e. The molecule has 3 rings (SSSR count). The Kier molecular flexibility index (Phi) is 3.64. The van der Waals surface area contributed by atoms with E-state index in [1.165, 1.54) is 5.56 Å². The number of aryl methyl sites for hydroxylation is 1. The van der Waals surface area contributed by atoms with Crippen molar-refractivity contribution >= 4 is 34.9 Å². The van der Waals surface area contributed by atoms with Crippen LogP contribution in [0.3, 0.4) is 0 Å². The summed E-state index contributed by atoms with van der Waals surface area (Å²) in [5, 5.41) is 0.690. The van der Waals surface area contributed by atoms with Crippen molar-refractivity contribution in [2.45, 2.75) is 19.8 Å². The van der Waals surface area contributed by atoms with Gasteiger partial charge in [-0.1, -0.05) is 43.1 Å². The molecule has 0 amide bonds. The van der Waals surface area contributed by atoms with E-state index >= 15 is 0 Å². The van der Waals surface area contributed by atoms with E-state index in [0.717, 1.165) is 29.6 Å². The lowest BCUT2D eigenvalue weighted by molar-refractivity contribution is 0.920. The van der Waals surface area contributed by atoms with E-state index in [1.54, 1.807) is 0 Å². The molecule has 0 unspecified atom stereocenters. The average molecular weight is 303 g/mol. The van der Waals surface area contributed by atoms with Gasteiger partial charge in [0.2, 0.25) is 0 Å². The summed E-state index contributed by atoms with van der Waals surface area (Å²) >= 11 is 11.6. The molecule has 1 aromatic heterocycles. The number of benzene rings is 2. The average Bonchev–Trinajstić information content (AvgIpc) is 2.78. The van der Waals surface area contributed by atoms with Crippen LogP contribution in [0, 0.1) is 4.77 Å². The third kappa shape index (κ3) is 2.28. The van der Waals surface area contributed by atoms with Gasteiger partial charge in [0.15, 0.2) is 4.77 Å². The van der Waals surface area contributed by atoms with E-state index in [1.807, 2.05) is 22.8 Å². The molecule has 1 N–H and O–H groups in total. The number of imidazole rings is 1. The Bertz CT molecular complexity index is 799. The fourth-order valence-electron chi connectivity index (χ4n) is 2.45. The molecule has 3 aromatic rings. The van der Waals surface area contributed by atoms with Gasteiger partial charge in [0.1, 0.15) is 0 Å². The normalized spacial score (nSPS) is 11.1. The van der Waals surface area contributed by atoms with Crippen molar-refractivity contribution in [1.82, 2.24) is 9.55 Å². The number of fused-ring (bicyclic) bond motifs is 1. The minimum Gasteiger partial charge on any atom is -0.329 e. The first-order chi connectivity index (χ1) is 9.70. The van der Waals surface area contributed by atoms with Crippen LogP contribution in [-0.2, 0) is 6.42 Å². The number of nitrogens with zero attached hydrogens (tertiary/aromatic N) is 1. The predicted octanol–water partition coefficient (Wildman–Crippen LogP) is 5.29. The Balaban J connectivity index is 2.16. The SMILES string of the molecule is CCCc1ccc(-n2c(=S)[nH]c3c(Cl)cccc32)cc1. The third-order valence-corrected chi connectivity index (χ3v) is 4.00. The number of halogens is 1. The van der Waals surface area contributed by atoms with Crippen LogP contribution in [-0.4, -0.2) is 9.55 Å². The van der Waals surface area contributed by atoms with E-state index < -0.39 is 0 Å². The van der Waals surface area contributed by atoms with E-state index in [9.17, 15) is 0 Å². The molecule has 0 saturated heterocycles.